The molecule has 1 saturated carbocycles. The first-order valence-corrected chi connectivity index (χ1v) is 13.9. The van der Waals surface area contributed by atoms with Crippen LogP contribution in [0.3, 0.4) is 0 Å². The molecule has 5 nitrogen and oxygen atoms in total. The lowest BCUT2D eigenvalue weighted by Crippen LogP contribution is -2.66. The number of ether oxygens (including phenoxy) is 1. The topological polar surface area (TPSA) is 56.3 Å². The summed E-state index contributed by atoms with van der Waals surface area (Å²) in [5.74, 6) is 0.0200. The summed E-state index contributed by atoms with van der Waals surface area (Å²) >= 11 is 0. The Kier molecular flexibility index (Phi) is 7.63. The Bertz CT molecular complexity index is 1130. The molecular formula is C30H36F3N2O3+. The zero-order chi connectivity index (χ0) is 26.8. The number of Topliss-reactive ketones (excluding diaryl/α,β-unsaturated/α-hetero) is 1. The molecule has 3 saturated heterocycles. The van der Waals surface area contributed by atoms with Gasteiger partial charge < -0.3 is 9.22 Å². The summed E-state index contributed by atoms with van der Waals surface area (Å²) in [4.78, 5) is 30.6. The van der Waals surface area contributed by atoms with Gasteiger partial charge >= 0.3 is 12.1 Å². The lowest BCUT2D eigenvalue weighted by atomic mass is 9.74. The number of hydrogen-bond donors (Lipinski definition) is 0. The molecule has 1 atom stereocenters. The molecule has 0 amide bonds. The van der Waals surface area contributed by atoms with Crippen molar-refractivity contribution in [2.75, 3.05) is 26.2 Å². The fourth-order valence-corrected chi connectivity index (χ4v) is 6.89. The quantitative estimate of drug-likeness (QED) is 0.264. The van der Waals surface area contributed by atoms with Crippen LogP contribution in [-0.2, 0) is 32.3 Å². The minimum absolute atomic E-state index is 0.130. The van der Waals surface area contributed by atoms with E-state index in [1.165, 1.54) is 12.1 Å². The number of carbonyl (C=O) groups excluding carboxylic acids is 2. The molecule has 4 aliphatic rings. The van der Waals surface area contributed by atoms with Crippen molar-refractivity contribution in [1.29, 1.82) is 0 Å². The Morgan fingerprint density at radius 2 is 1.63 bits per heavy atom. The molecule has 0 spiro atoms. The van der Waals surface area contributed by atoms with Gasteiger partial charge in [0.2, 0.25) is 0 Å². The summed E-state index contributed by atoms with van der Waals surface area (Å²) in [6.07, 6.45) is 2.66. The third kappa shape index (κ3) is 5.65. The van der Waals surface area contributed by atoms with Gasteiger partial charge in [0.1, 0.15) is 18.8 Å². The van der Waals surface area contributed by atoms with Crippen LogP contribution >= 0.6 is 0 Å². The molecule has 4 heterocycles. The van der Waals surface area contributed by atoms with Gasteiger partial charge in [-0.1, -0.05) is 62.1 Å². The predicted octanol–water partition coefficient (Wildman–Crippen LogP) is 5.66. The zero-order valence-corrected chi connectivity index (χ0v) is 21.7. The second-order valence-electron chi connectivity index (χ2n) is 11.5. The molecule has 1 aliphatic carbocycles. The standard InChI is InChI=1S/C30H36F3N2O3/c31-30(32,33)27-12-8-11-24(34-27)19-25(36)20-35-17-13-22(14-18-35)26(21-35)38-28(37)29(15-6-1-2-7-16-29)23-9-4-3-5-10-23/h3-5,8-12,22,26H,1-2,6-7,13-21H2/q+1/t22?,26-,35?/m0/s1. The predicted molar refractivity (Wildman–Crippen MR) is 136 cm³/mol. The molecule has 0 N–H and O–H groups in total. The van der Waals surface area contributed by atoms with Crippen molar-refractivity contribution in [3.63, 3.8) is 0 Å². The number of pyridine rings is 1. The number of rotatable bonds is 7. The monoisotopic (exact) mass is 529 g/mol. The van der Waals surface area contributed by atoms with Gasteiger partial charge in [-0.2, -0.15) is 13.2 Å². The maximum atomic E-state index is 13.9. The third-order valence-electron chi connectivity index (χ3n) is 8.96. The molecule has 204 valence electrons. The highest BCUT2D eigenvalue weighted by molar-refractivity contribution is 5.83. The minimum atomic E-state index is -4.54. The molecule has 6 rings (SSSR count). The van der Waals surface area contributed by atoms with E-state index in [0.717, 1.165) is 76.1 Å². The fourth-order valence-electron chi connectivity index (χ4n) is 6.89. The van der Waals surface area contributed by atoms with Crippen LogP contribution in [0.5, 0.6) is 0 Å². The molecule has 1 aromatic carbocycles. The molecule has 1 aromatic heterocycles. The minimum Gasteiger partial charge on any atom is -0.455 e. The van der Waals surface area contributed by atoms with Gasteiger partial charge in [0, 0.05) is 24.5 Å². The lowest BCUT2D eigenvalue weighted by Gasteiger charge is -2.52. The number of nitrogens with zero attached hydrogens (tertiary/aromatic N) is 2. The summed E-state index contributed by atoms with van der Waals surface area (Å²) in [5, 5.41) is 0. The van der Waals surface area contributed by atoms with Gasteiger partial charge in [0.15, 0.2) is 11.9 Å². The van der Waals surface area contributed by atoms with Crippen LogP contribution in [0.15, 0.2) is 48.5 Å². The molecular weight excluding hydrogens is 493 g/mol. The van der Waals surface area contributed by atoms with Crippen LogP contribution in [-0.4, -0.2) is 53.5 Å². The molecule has 8 heteroatoms. The fraction of sp³-hybridized carbons (Fsp3) is 0.567. The van der Waals surface area contributed by atoms with Crippen molar-refractivity contribution >= 4 is 11.8 Å². The average Bonchev–Trinajstić information content (AvgIpc) is 3.16. The Hall–Kier alpha value is -2.74. The maximum absolute atomic E-state index is 13.9. The third-order valence-corrected chi connectivity index (χ3v) is 8.96. The number of quaternary nitrogens is 1. The number of fused-ring (bicyclic) bond motifs is 3. The van der Waals surface area contributed by atoms with Gasteiger partial charge in [0.05, 0.1) is 24.9 Å². The summed E-state index contributed by atoms with van der Waals surface area (Å²) in [6.45, 7) is 2.46. The first-order valence-electron chi connectivity index (χ1n) is 13.9. The van der Waals surface area contributed by atoms with E-state index in [1.807, 2.05) is 30.3 Å². The van der Waals surface area contributed by atoms with E-state index in [-0.39, 0.29) is 42.4 Å². The second kappa shape index (κ2) is 10.8. The first-order chi connectivity index (χ1) is 18.2. The number of esters is 1. The molecule has 2 bridgehead atoms. The summed E-state index contributed by atoms with van der Waals surface area (Å²) in [7, 11) is 0. The van der Waals surface area contributed by atoms with E-state index >= 15 is 0 Å². The number of hydrogen-bond acceptors (Lipinski definition) is 4. The SMILES string of the molecule is O=C(Cc1cccc(C(F)(F)F)n1)C[N+]12CCC(CC1)[C@@H](OC(=O)C1(c3ccccc3)CCCCCC1)C2. The highest BCUT2D eigenvalue weighted by atomic mass is 19.4. The van der Waals surface area contributed by atoms with Crippen LogP contribution in [0, 0.1) is 5.92 Å². The first kappa shape index (κ1) is 26.9. The van der Waals surface area contributed by atoms with Crippen molar-refractivity contribution < 1.29 is 32.0 Å². The van der Waals surface area contributed by atoms with Gasteiger partial charge in [-0.25, -0.2) is 4.98 Å². The summed E-state index contributed by atoms with van der Waals surface area (Å²) < 4.78 is 46.0. The second-order valence-corrected chi connectivity index (χ2v) is 11.5. The van der Waals surface area contributed by atoms with Crippen LogP contribution in [0.2, 0.25) is 0 Å². The van der Waals surface area contributed by atoms with Crippen molar-refractivity contribution in [3.8, 4) is 0 Å². The summed E-state index contributed by atoms with van der Waals surface area (Å²) in [6, 6.07) is 13.7. The van der Waals surface area contributed by atoms with Crippen LogP contribution < -0.4 is 0 Å². The molecule has 38 heavy (non-hydrogen) atoms. The number of aromatic nitrogens is 1. The maximum Gasteiger partial charge on any atom is 0.433 e. The Labute approximate surface area is 222 Å². The van der Waals surface area contributed by atoms with Gasteiger partial charge in [0.25, 0.3) is 0 Å². The number of alkyl halides is 3. The van der Waals surface area contributed by atoms with E-state index in [4.69, 9.17) is 4.74 Å². The molecule has 3 aliphatic heterocycles. The Morgan fingerprint density at radius 1 is 0.947 bits per heavy atom. The Morgan fingerprint density at radius 3 is 2.29 bits per heavy atom. The molecule has 4 fully saturated rings. The largest absolute Gasteiger partial charge is 0.455 e. The van der Waals surface area contributed by atoms with Crippen LogP contribution in [0.25, 0.3) is 0 Å². The van der Waals surface area contributed by atoms with Crippen molar-refractivity contribution in [3.05, 3.63) is 65.5 Å². The zero-order valence-electron chi connectivity index (χ0n) is 21.7. The van der Waals surface area contributed by atoms with Crippen LogP contribution in [0.4, 0.5) is 13.2 Å². The molecule has 0 radical (unpaired) electrons. The normalized spacial score (nSPS) is 26.9. The smallest absolute Gasteiger partial charge is 0.433 e. The molecule has 0 unspecified atom stereocenters. The molecule has 2 aromatic rings. The highest BCUT2D eigenvalue weighted by Gasteiger charge is 2.51. The van der Waals surface area contributed by atoms with Crippen molar-refractivity contribution in [1.82, 2.24) is 4.98 Å². The van der Waals surface area contributed by atoms with E-state index in [0.29, 0.717) is 11.0 Å². The number of carbonyl (C=O) groups is 2. The van der Waals surface area contributed by atoms with E-state index in [2.05, 4.69) is 4.98 Å². The number of halogens is 3. The Balaban J connectivity index is 1.28. The van der Waals surface area contributed by atoms with E-state index < -0.39 is 17.3 Å². The van der Waals surface area contributed by atoms with Crippen LogP contribution in [0.1, 0.15) is 68.3 Å². The number of benzene rings is 1. The van der Waals surface area contributed by atoms with E-state index in [9.17, 15) is 22.8 Å². The summed E-state index contributed by atoms with van der Waals surface area (Å²) in [5.41, 5.74) is -0.442. The lowest BCUT2D eigenvalue weighted by molar-refractivity contribution is -0.939. The van der Waals surface area contributed by atoms with Gasteiger partial charge in [-0.05, 0) is 30.5 Å². The number of ketones is 1. The van der Waals surface area contributed by atoms with Crippen molar-refractivity contribution in [2.45, 2.75) is 75.5 Å². The highest BCUT2D eigenvalue weighted by Crippen LogP contribution is 2.42. The van der Waals surface area contributed by atoms with Gasteiger partial charge in [-0.3, -0.25) is 9.59 Å². The van der Waals surface area contributed by atoms with Gasteiger partial charge in [-0.15, -0.1) is 0 Å². The average molecular weight is 530 g/mol. The van der Waals surface area contributed by atoms with Crippen molar-refractivity contribution in [2.24, 2.45) is 5.92 Å². The van der Waals surface area contributed by atoms with E-state index in [1.54, 1.807) is 0 Å². The number of piperidine rings is 3.